The normalized spacial score (nSPS) is 18.0. The highest BCUT2D eigenvalue weighted by molar-refractivity contribution is 5.92. The van der Waals surface area contributed by atoms with Crippen molar-refractivity contribution >= 4 is 16.6 Å². The zero-order chi connectivity index (χ0) is 16.4. The number of pyridine rings is 1. The number of ether oxygens (including phenoxy) is 1. The van der Waals surface area contributed by atoms with Crippen LogP contribution in [0.3, 0.4) is 0 Å². The van der Waals surface area contributed by atoms with E-state index in [1.165, 1.54) is 12.1 Å². The topological polar surface area (TPSA) is 65.3 Å². The maximum Gasteiger partial charge on any atom is 0.279 e. The molecule has 5 nitrogen and oxygen atoms in total. The van der Waals surface area contributed by atoms with Crippen LogP contribution in [-0.2, 0) is 0 Å². The largest absolute Gasteiger partial charge is 0.491 e. The Morgan fingerprint density at radius 3 is 2.74 bits per heavy atom. The Kier molecular flexibility index (Phi) is 4.11. The van der Waals surface area contributed by atoms with Crippen molar-refractivity contribution in [2.24, 2.45) is 5.92 Å². The van der Waals surface area contributed by atoms with Gasteiger partial charge in [0.2, 0.25) is 5.92 Å². The van der Waals surface area contributed by atoms with Gasteiger partial charge in [-0.05, 0) is 37.0 Å². The van der Waals surface area contributed by atoms with Gasteiger partial charge in [0.15, 0.2) is 0 Å². The number of alkyl halides is 2. The number of hydrogen-bond donors (Lipinski definition) is 0. The second-order valence-electron chi connectivity index (χ2n) is 5.85. The molecule has 0 saturated heterocycles. The summed E-state index contributed by atoms with van der Waals surface area (Å²) in [6.07, 6.45) is 2.16. The lowest BCUT2D eigenvalue weighted by Crippen LogP contribution is -2.27. The molecule has 1 aromatic heterocycles. The first-order valence-corrected chi connectivity index (χ1v) is 7.49. The molecule has 1 aliphatic carbocycles. The number of nitro benzene ring substituents is 1. The van der Waals surface area contributed by atoms with Gasteiger partial charge in [-0.1, -0.05) is 0 Å². The van der Waals surface area contributed by atoms with Crippen LogP contribution in [0.2, 0.25) is 0 Å². The first-order valence-electron chi connectivity index (χ1n) is 7.49. The lowest BCUT2D eigenvalue weighted by atomic mass is 9.87. The van der Waals surface area contributed by atoms with Gasteiger partial charge in [0.25, 0.3) is 5.69 Å². The number of rotatable bonds is 4. The van der Waals surface area contributed by atoms with Crippen molar-refractivity contribution in [2.75, 3.05) is 6.61 Å². The molecule has 7 heteroatoms. The molecule has 0 N–H and O–H groups in total. The highest BCUT2D eigenvalue weighted by atomic mass is 19.3. The second kappa shape index (κ2) is 6.06. The van der Waals surface area contributed by atoms with Crippen molar-refractivity contribution in [2.45, 2.75) is 31.6 Å². The molecule has 1 aliphatic rings. The summed E-state index contributed by atoms with van der Waals surface area (Å²) in [7, 11) is 0. The predicted octanol–water partition coefficient (Wildman–Crippen LogP) is 4.35. The first-order chi connectivity index (χ1) is 11.0. The molecule has 1 heterocycles. The lowest BCUT2D eigenvalue weighted by molar-refractivity contribution is -0.383. The molecular formula is C16H16F2N2O3. The maximum atomic E-state index is 13.2. The highest BCUT2D eigenvalue weighted by Crippen LogP contribution is 2.37. The highest BCUT2D eigenvalue weighted by Gasteiger charge is 2.35. The van der Waals surface area contributed by atoms with E-state index in [9.17, 15) is 18.9 Å². The monoisotopic (exact) mass is 322 g/mol. The van der Waals surface area contributed by atoms with Crippen LogP contribution >= 0.6 is 0 Å². The minimum atomic E-state index is -2.56. The van der Waals surface area contributed by atoms with E-state index in [1.54, 1.807) is 18.3 Å². The van der Waals surface area contributed by atoms with E-state index in [4.69, 9.17) is 4.74 Å². The summed E-state index contributed by atoms with van der Waals surface area (Å²) in [5.74, 6) is -2.04. The van der Waals surface area contributed by atoms with E-state index < -0.39 is 10.8 Å². The second-order valence-corrected chi connectivity index (χ2v) is 5.85. The average Bonchev–Trinajstić information content (AvgIpc) is 2.53. The van der Waals surface area contributed by atoms with Crippen molar-refractivity contribution in [3.63, 3.8) is 0 Å². The summed E-state index contributed by atoms with van der Waals surface area (Å²) in [4.78, 5) is 14.8. The van der Waals surface area contributed by atoms with Gasteiger partial charge in [-0.25, -0.2) is 8.78 Å². The van der Waals surface area contributed by atoms with Crippen LogP contribution in [0.1, 0.15) is 25.7 Å². The SMILES string of the molecule is O=[N+]([O-])c1ccc(OCC2CCC(F)(F)CC2)c2ncccc12. The number of fused-ring (bicyclic) bond motifs is 1. The fourth-order valence-corrected chi connectivity index (χ4v) is 2.88. The molecule has 1 aromatic carbocycles. The van der Waals surface area contributed by atoms with E-state index in [-0.39, 0.29) is 24.4 Å². The zero-order valence-electron chi connectivity index (χ0n) is 12.4. The summed E-state index contributed by atoms with van der Waals surface area (Å²) in [6.45, 7) is 0.319. The molecule has 0 aliphatic heterocycles. The standard InChI is InChI=1S/C16H16F2N2O3/c17-16(18)7-5-11(6-8-16)10-23-14-4-3-13(20(21)22)12-2-1-9-19-15(12)14/h1-4,9,11H,5-8,10H2. The summed E-state index contributed by atoms with van der Waals surface area (Å²) >= 11 is 0. The Morgan fingerprint density at radius 2 is 2.04 bits per heavy atom. The molecule has 0 radical (unpaired) electrons. The summed E-state index contributed by atoms with van der Waals surface area (Å²) in [5, 5.41) is 11.5. The van der Waals surface area contributed by atoms with E-state index in [0.717, 1.165) is 0 Å². The van der Waals surface area contributed by atoms with Gasteiger partial charge in [0, 0.05) is 25.1 Å². The third kappa shape index (κ3) is 3.38. The maximum absolute atomic E-state index is 13.2. The minimum absolute atomic E-state index is 0.0299. The molecular weight excluding hydrogens is 306 g/mol. The molecule has 3 rings (SSSR count). The lowest BCUT2D eigenvalue weighted by Gasteiger charge is -2.28. The van der Waals surface area contributed by atoms with Gasteiger partial charge in [-0.2, -0.15) is 0 Å². The van der Waals surface area contributed by atoms with Crippen molar-refractivity contribution < 1.29 is 18.4 Å². The third-order valence-corrected chi connectivity index (χ3v) is 4.22. The Labute approximate surface area is 131 Å². The molecule has 1 fully saturated rings. The number of aromatic nitrogens is 1. The number of nitrogens with zero attached hydrogens (tertiary/aromatic N) is 2. The smallest absolute Gasteiger partial charge is 0.279 e. The van der Waals surface area contributed by atoms with Gasteiger partial charge in [0.1, 0.15) is 11.3 Å². The van der Waals surface area contributed by atoms with Gasteiger partial charge in [-0.3, -0.25) is 15.1 Å². The van der Waals surface area contributed by atoms with Gasteiger partial charge in [0.05, 0.1) is 16.9 Å². The molecule has 0 amide bonds. The zero-order valence-corrected chi connectivity index (χ0v) is 12.4. The quantitative estimate of drug-likeness (QED) is 0.620. The Morgan fingerprint density at radius 1 is 1.30 bits per heavy atom. The minimum Gasteiger partial charge on any atom is -0.491 e. The molecule has 0 bridgehead atoms. The Balaban J connectivity index is 1.76. The van der Waals surface area contributed by atoms with Crippen molar-refractivity contribution in [1.82, 2.24) is 4.98 Å². The number of benzene rings is 1. The first kappa shape index (κ1) is 15.6. The van der Waals surface area contributed by atoms with Crippen LogP contribution in [0.4, 0.5) is 14.5 Å². The van der Waals surface area contributed by atoms with Crippen LogP contribution in [0.5, 0.6) is 5.75 Å². The Hall–Kier alpha value is -2.31. The van der Waals surface area contributed by atoms with Crippen LogP contribution in [0.15, 0.2) is 30.5 Å². The molecule has 0 unspecified atom stereocenters. The summed E-state index contributed by atoms with van der Waals surface area (Å²) < 4.78 is 32.0. The molecule has 122 valence electrons. The molecule has 2 aromatic rings. The number of halogens is 2. The Bertz CT molecular complexity index is 726. The van der Waals surface area contributed by atoms with Gasteiger partial charge in [-0.15, -0.1) is 0 Å². The van der Waals surface area contributed by atoms with Crippen LogP contribution in [-0.4, -0.2) is 22.4 Å². The number of hydrogen-bond acceptors (Lipinski definition) is 4. The molecule has 0 atom stereocenters. The molecule has 23 heavy (non-hydrogen) atoms. The molecule has 1 saturated carbocycles. The van der Waals surface area contributed by atoms with Crippen LogP contribution in [0, 0.1) is 16.0 Å². The van der Waals surface area contributed by atoms with E-state index >= 15 is 0 Å². The van der Waals surface area contributed by atoms with Crippen molar-refractivity contribution in [3.8, 4) is 5.75 Å². The molecule has 0 spiro atoms. The van der Waals surface area contributed by atoms with Crippen LogP contribution < -0.4 is 4.74 Å². The van der Waals surface area contributed by atoms with Crippen molar-refractivity contribution in [3.05, 3.63) is 40.6 Å². The summed E-state index contributed by atoms with van der Waals surface area (Å²) in [6, 6.07) is 6.15. The average molecular weight is 322 g/mol. The summed E-state index contributed by atoms with van der Waals surface area (Å²) in [5.41, 5.74) is 0.389. The van der Waals surface area contributed by atoms with E-state index in [1.807, 2.05) is 0 Å². The van der Waals surface area contributed by atoms with E-state index in [2.05, 4.69) is 4.98 Å². The fourth-order valence-electron chi connectivity index (χ4n) is 2.88. The number of non-ortho nitro benzene ring substituents is 1. The van der Waals surface area contributed by atoms with Gasteiger partial charge >= 0.3 is 0 Å². The third-order valence-electron chi connectivity index (χ3n) is 4.22. The van der Waals surface area contributed by atoms with E-state index in [0.29, 0.717) is 36.1 Å². The predicted molar refractivity (Wildman–Crippen MR) is 80.8 cm³/mol. The fraction of sp³-hybridized carbons (Fsp3) is 0.438. The van der Waals surface area contributed by atoms with Crippen LogP contribution in [0.25, 0.3) is 10.9 Å². The van der Waals surface area contributed by atoms with Crippen molar-refractivity contribution in [1.29, 1.82) is 0 Å². The van der Waals surface area contributed by atoms with Gasteiger partial charge < -0.3 is 4.74 Å². The number of nitro groups is 1.